The lowest BCUT2D eigenvalue weighted by Crippen LogP contribution is -2.20. The second kappa shape index (κ2) is 5.95. The number of aryl methyl sites for hydroxylation is 1. The Balaban J connectivity index is 2.24. The monoisotopic (exact) mass is 257 g/mol. The summed E-state index contributed by atoms with van der Waals surface area (Å²) < 4.78 is 0. The SMILES string of the molecule is Cc1ccccc1NC(C[N+](=O)[O-])c1ccncc1. The zero-order chi connectivity index (χ0) is 13.7. The Morgan fingerprint density at radius 2 is 1.95 bits per heavy atom. The van der Waals surface area contributed by atoms with Crippen LogP contribution >= 0.6 is 0 Å². The fraction of sp³-hybridized carbons (Fsp3) is 0.214. The Labute approximate surface area is 111 Å². The van der Waals surface area contributed by atoms with E-state index < -0.39 is 0 Å². The lowest BCUT2D eigenvalue weighted by molar-refractivity contribution is -0.482. The molecule has 98 valence electrons. The molecular formula is C14H15N3O2. The van der Waals surface area contributed by atoms with Crippen LogP contribution in [0.3, 0.4) is 0 Å². The van der Waals surface area contributed by atoms with Crippen LogP contribution in [-0.4, -0.2) is 16.5 Å². The van der Waals surface area contributed by atoms with Crippen molar-refractivity contribution in [2.24, 2.45) is 0 Å². The number of para-hydroxylation sites is 1. The van der Waals surface area contributed by atoms with E-state index in [2.05, 4.69) is 10.3 Å². The highest BCUT2D eigenvalue weighted by Gasteiger charge is 2.18. The van der Waals surface area contributed by atoms with Crippen LogP contribution < -0.4 is 5.32 Å². The predicted octanol–water partition coefficient (Wildman–Crippen LogP) is 2.82. The highest BCUT2D eigenvalue weighted by Crippen LogP contribution is 2.22. The van der Waals surface area contributed by atoms with Crippen LogP contribution in [-0.2, 0) is 0 Å². The van der Waals surface area contributed by atoms with Gasteiger partial charge in [0.25, 0.3) is 0 Å². The molecule has 2 aromatic rings. The van der Waals surface area contributed by atoms with E-state index in [1.807, 2.05) is 31.2 Å². The van der Waals surface area contributed by atoms with Crippen molar-refractivity contribution in [1.82, 2.24) is 4.98 Å². The molecule has 0 amide bonds. The Morgan fingerprint density at radius 3 is 2.58 bits per heavy atom. The summed E-state index contributed by atoms with van der Waals surface area (Å²) in [7, 11) is 0. The first-order chi connectivity index (χ1) is 9.16. The van der Waals surface area contributed by atoms with Crippen molar-refractivity contribution in [3.8, 4) is 0 Å². The van der Waals surface area contributed by atoms with E-state index in [9.17, 15) is 10.1 Å². The quantitative estimate of drug-likeness (QED) is 0.660. The van der Waals surface area contributed by atoms with Gasteiger partial charge in [0.05, 0.1) is 0 Å². The maximum Gasteiger partial charge on any atom is 0.227 e. The lowest BCUT2D eigenvalue weighted by atomic mass is 10.1. The number of hydrogen-bond acceptors (Lipinski definition) is 4. The van der Waals surface area contributed by atoms with Crippen molar-refractivity contribution in [2.45, 2.75) is 13.0 Å². The number of benzene rings is 1. The molecule has 0 radical (unpaired) electrons. The number of nitro groups is 1. The summed E-state index contributed by atoms with van der Waals surface area (Å²) in [6, 6.07) is 11.0. The molecule has 0 fully saturated rings. The van der Waals surface area contributed by atoms with Gasteiger partial charge in [-0.15, -0.1) is 0 Å². The summed E-state index contributed by atoms with van der Waals surface area (Å²) in [5.41, 5.74) is 2.83. The predicted molar refractivity (Wildman–Crippen MR) is 73.6 cm³/mol. The van der Waals surface area contributed by atoms with Crippen LogP contribution in [0.15, 0.2) is 48.8 Å². The molecule has 0 aliphatic carbocycles. The summed E-state index contributed by atoms with van der Waals surface area (Å²) in [6.07, 6.45) is 3.28. The summed E-state index contributed by atoms with van der Waals surface area (Å²) in [4.78, 5) is 14.4. The van der Waals surface area contributed by atoms with Gasteiger partial charge in [-0.25, -0.2) is 0 Å². The second-order valence-corrected chi connectivity index (χ2v) is 4.31. The molecule has 1 aromatic heterocycles. The first-order valence-corrected chi connectivity index (χ1v) is 6.00. The Kier molecular flexibility index (Phi) is 4.07. The molecule has 5 nitrogen and oxygen atoms in total. The molecule has 0 saturated heterocycles. The molecule has 1 aromatic carbocycles. The second-order valence-electron chi connectivity index (χ2n) is 4.31. The lowest BCUT2D eigenvalue weighted by Gasteiger charge is -2.18. The summed E-state index contributed by atoms with van der Waals surface area (Å²) in [6.45, 7) is 1.80. The summed E-state index contributed by atoms with van der Waals surface area (Å²) in [5, 5.41) is 14.0. The van der Waals surface area contributed by atoms with Crippen LogP contribution in [0.2, 0.25) is 0 Å². The van der Waals surface area contributed by atoms with Crippen molar-refractivity contribution in [1.29, 1.82) is 0 Å². The first kappa shape index (κ1) is 13.0. The van der Waals surface area contributed by atoms with E-state index in [0.717, 1.165) is 16.8 Å². The number of anilines is 1. The number of rotatable bonds is 5. The first-order valence-electron chi connectivity index (χ1n) is 6.00. The molecule has 1 unspecified atom stereocenters. The van der Waals surface area contributed by atoms with Crippen molar-refractivity contribution in [3.63, 3.8) is 0 Å². The topological polar surface area (TPSA) is 68.1 Å². The molecule has 0 spiro atoms. The van der Waals surface area contributed by atoms with Crippen molar-refractivity contribution >= 4 is 5.69 Å². The average molecular weight is 257 g/mol. The molecule has 19 heavy (non-hydrogen) atoms. The van der Waals surface area contributed by atoms with Gasteiger partial charge in [0.2, 0.25) is 6.54 Å². The third-order valence-electron chi connectivity index (χ3n) is 2.91. The number of hydrogen-bond donors (Lipinski definition) is 1. The average Bonchev–Trinajstić information content (AvgIpc) is 2.41. The van der Waals surface area contributed by atoms with Crippen molar-refractivity contribution in [2.75, 3.05) is 11.9 Å². The van der Waals surface area contributed by atoms with Crippen molar-refractivity contribution in [3.05, 3.63) is 70.0 Å². The van der Waals surface area contributed by atoms with Crippen LogP contribution in [0.5, 0.6) is 0 Å². The van der Waals surface area contributed by atoms with Gasteiger partial charge < -0.3 is 5.32 Å². The van der Waals surface area contributed by atoms with E-state index in [1.165, 1.54) is 0 Å². The van der Waals surface area contributed by atoms with Crippen LogP contribution in [0.25, 0.3) is 0 Å². The number of nitrogens with zero attached hydrogens (tertiary/aromatic N) is 2. The van der Waals surface area contributed by atoms with Crippen LogP contribution in [0, 0.1) is 17.0 Å². The standard InChI is InChI=1S/C14H15N3O2/c1-11-4-2-3-5-13(11)16-14(10-17(18)19)12-6-8-15-9-7-12/h2-9,14,16H,10H2,1H3. The summed E-state index contributed by atoms with van der Waals surface area (Å²) in [5.74, 6) is 0. The third-order valence-corrected chi connectivity index (χ3v) is 2.91. The molecule has 1 heterocycles. The minimum atomic E-state index is -0.362. The van der Waals surface area contributed by atoms with E-state index in [0.29, 0.717) is 0 Å². The molecule has 0 aliphatic heterocycles. The largest absolute Gasteiger partial charge is 0.372 e. The zero-order valence-electron chi connectivity index (χ0n) is 10.6. The summed E-state index contributed by atoms with van der Waals surface area (Å²) >= 11 is 0. The third kappa shape index (κ3) is 3.51. The normalized spacial score (nSPS) is 11.8. The van der Waals surface area contributed by atoms with Gasteiger partial charge in [0.1, 0.15) is 6.04 Å². The molecular weight excluding hydrogens is 242 g/mol. The van der Waals surface area contributed by atoms with Gasteiger partial charge in [-0.1, -0.05) is 18.2 Å². The maximum absolute atomic E-state index is 10.8. The van der Waals surface area contributed by atoms with Gasteiger partial charge in [-0.05, 0) is 36.2 Å². The molecule has 2 rings (SSSR count). The molecule has 5 heteroatoms. The molecule has 0 bridgehead atoms. The van der Waals surface area contributed by atoms with E-state index in [-0.39, 0.29) is 17.5 Å². The molecule has 0 aliphatic rings. The fourth-order valence-corrected chi connectivity index (χ4v) is 1.90. The Morgan fingerprint density at radius 1 is 1.26 bits per heavy atom. The molecule has 1 atom stereocenters. The van der Waals surface area contributed by atoms with Crippen LogP contribution in [0.1, 0.15) is 17.2 Å². The highest BCUT2D eigenvalue weighted by atomic mass is 16.6. The van der Waals surface area contributed by atoms with Gasteiger partial charge in [0.15, 0.2) is 0 Å². The van der Waals surface area contributed by atoms with E-state index >= 15 is 0 Å². The van der Waals surface area contributed by atoms with Gasteiger partial charge in [0, 0.05) is 23.0 Å². The van der Waals surface area contributed by atoms with E-state index in [4.69, 9.17) is 0 Å². The smallest absolute Gasteiger partial charge is 0.227 e. The van der Waals surface area contributed by atoms with Gasteiger partial charge in [-0.2, -0.15) is 0 Å². The molecule has 0 saturated carbocycles. The number of pyridine rings is 1. The zero-order valence-corrected chi connectivity index (χ0v) is 10.6. The number of nitrogens with one attached hydrogen (secondary N) is 1. The van der Waals surface area contributed by atoms with E-state index in [1.54, 1.807) is 24.5 Å². The minimum Gasteiger partial charge on any atom is -0.372 e. The molecule has 1 N–H and O–H groups in total. The fourth-order valence-electron chi connectivity index (χ4n) is 1.90. The Bertz CT molecular complexity index is 558. The van der Waals surface area contributed by atoms with Crippen molar-refractivity contribution < 1.29 is 4.92 Å². The minimum absolute atomic E-state index is 0.168. The highest BCUT2D eigenvalue weighted by molar-refractivity contribution is 5.51. The van der Waals surface area contributed by atoms with Crippen LogP contribution in [0.4, 0.5) is 5.69 Å². The number of aromatic nitrogens is 1. The maximum atomic E-state index is 10.8. The Hall–Kier alpha value is -2.43. The van der Waals surface area contributed by atoms with Gasteiger partial charge in [-0.3, -0.25) is 15.1 Å². The van der Waals surface area contributed by atoms with Gasteiger partial charge >= 0.3 is 0 Å².